The molecule has 0 saturated carbocycles. The van der Waals surface area contributed by atoms with Crippen LogP contribution in [0.5, 0.6) is 0 Å². The number of thioether (sulfide) groups is 1. The number of rotatable bonds is 7. The van der Waals surface area contributed by atoms with Crippen LogP contribution in [0.1, 0.15) is 19.4 Å². The van der Waals surface area contributed by atoms with E-state index in [4.69, 9.17) is 21.3 Å². The van der Waals surface area contributed by atoms with Crippen LogP contribution in [-0.4, -0.2) is 35.7 Å². The van der Waals surface area contributed by atoms with Gasteiger partial charge in [0.2, 0.25) is 11.8 Å². The van der Waals surface area contributed by atoms with E-state index in [0.29, 0.717) is 11.6 Å². The summed E-state index contributed by atoms with van der Waals surface area (Å²) in [4.78, 5) is 21.8. The van der Waals surface area contributed by atoms with Gasteiger partial charge in [0.15, 0.2) is 6.34 Å². The topological polar surface area (TPSA) is 63.6 Å². The first-order valence-corrected chi connectivity index (χ1v) is 10.5. The Hall–Kier alpha value is -2.35. The van der Waals surface area contributed by atoms with Crippen LogP contribution in [0.15, 0.2) is 69.4 Å². The number of aromatic nitrogens is 1. The van der Waals surface area contributed by atoms with E-state index >= 15 is 0 Å². The molecule has 0 fully saturated rings. The summed E-state index contributed by atoms with van der Waals surface area (Å²) >= 11 is 7.80. The Morgan fingerprint density at radius 3 is 2.79 bits per heavy atom. The maximum Gasteiger partial charge on any atom is 0.411 e. The number of halogens is 1. The van der Waals surface area contributed by atoms with Gasteiger partial charge in [-0.05, 0) is 36.0 Å². The molecule has 1 aromatic carbocycles. The van der Waals surface area contributed by atoms with Gasteiger partial charge in [-0.2, -0.15) is 0 Å². The van der Waals surface area contributed by atoms with Crippen LogP contribution in [0.2, 0.25) is 5.02 Å². The molecule has 1 aliphatic rings. The Morgan fingerprint density at radius 2 is 2.14 bits per heavy atom. The maximum absolute atomic E-state index is 11.8. The molecule has 1 unspecified atom stereocenters. The molecular formula is C21H24ClN4O2S+. The van der Waals surface area contributed by atoms with Crippen molar-refractivity contribution < 1.29 is 14.0 Å². The highest BCUT2D eigenvalue weighted by molar-refractivity contribution is 8.02. The molecule has 1 atom stereocenters. The van der Waals surface area contributed by atoms with E-state index in [0.717, 1.165) is 21.2 Å². The van der Waals surface area contributed by atoms with Crippen LogP contribution in [0.4, 0.5) is 4.79 Å². The van der Waals surface area contributed by atoms with Gasteiger partial charge in [-0.25, -0.2) is 14.3 Å². The van der Waals surface area contributed by atoms with Crippen LogP contribution in [0.25, 0.3) is 0 Å². The second-order valence-corrected chi connectivity index (χ2v) is 8.51. The standard InChI is InChI=1S/C21H23ClN4O2S/c1-15(2)19-20(29-18-8-4-7-17(22)10-18)26(13-25-19,14-28-21(27)23-3)12-16-6-5-9-24-11-16/h4-11,13,15H,12,14H2,1-3H3/p+1. The summed E-state index contributed by atoms with van der Waals surface area (Å²) < 4.78 is 5.78. The number of alkyl carbamates (subject to hydrolysis) is 1. The lowest BCUT2D eigenvalue weighted by Gasteiger charge is -2.31. The molecule has 152 valence electrons. The molecule has 8 heteroatoms. The summed E-state index contributed by atoms with van der Waals surface area (Å²) in [5.41, 5.74) is 1.99. The molecule has 0 saturated heterocycles. The van der Waals surface area contributed by atoms with Crippen molar-refractivity contribution in [3.63, 3.8) is 0 Å². The molecule has 0 aliphatic carbocycles. The van der Waals surface area contributed by atoms with Crippen LogP contribution >= 0.6 is 23.4 Å². The number of allylic oxidation sites excluding steroid dienone is 1. The third-order valence-corrected chi connectivity index (χ3v) is 5.91. The maximum atomic E-state index is 11.8. The minimum absolute atomic E-state index is 0.122. The molecule has 1 N–H and O–H groups in total. The quantitative estimate of drug-likeness (QED) is 0.625. The van der Waals surface area contributed by atoms with Crippen LogP contribution < -0.4 is 5.32 Å². The molecular weight excluding hydrogens is 408 g/mol. The number of hydrogen-bond acceptors (Lipinski definition) is 5. The summed E-state index contributed by atoms with van der Waals surface area (Å²) in [6, 6.07) is 11.6. The number of carbonyl (C=O) groups excluding carboxylic acids is 1. The monoisotopic (exact) mass is 431 g/mol. The third-order valence-electron chi connectivity index (χ3n) is 4.42. The predicted octanol–water partition coefficient (Wildman–Crippen LogP) is 5.02. The fourth-order valence-corrected chi connectivity index (χ4v) is 4.55. The number of nitrogens with one attached hydrogen (secondary N) is 1. The van der Waals surface area contributed by atoms with Gasteiger partial charge in [-0.1, -0.05) is 37.6 Å². The van der Waals surface area contributed by atoms with Gasteiger partial charge in [0.25, 0.3) is 0 Å². The van der Waals surface area contributed by atoms with Gasteiger partial charge >= 0.3 is 6.09 Å². The fraction of sp³-hybridized carbons (Fsp3) is 0.286. The number of amides is 1. The van der Waals surface area contributed by atoms with E-state index < -0.39 is 6.09 Å². The largest absolute Gasteiger partial charge is 0.411 e. The minimum atomic E-state index is -0.479. The zero-order valence-corrected chi connectivity index (χ0v) is 18.2. The lowest BCUT2D eigenvalue weighted by Crippen LogP contribution is -2.46. The summed E-state index contributed by atoms with van der Waals surface area (Å²) in [5.74, 6) is 0.210. The summed E-state index contributed by atoms with van der Waals surface area (Å²) in [7, 11) is 1.54. The van der Waals surface area contributed by atoms with Gasteiger partial charge in [0, 0.05) is 40.8 Å². The minimum Gasteiger partial charge on any atom is -0.398 e. The summed E-state index contributed by atoms with van der Waals surface area (Å²) in [6.07, 6.45) is 4.94. The summed E-state index contributed by atoms with van der Waals surface area (Å²) in [5, 5.41) is 4.19. The van der Waals surface area contributed by atoms with Crippen molar-refractivity contribution in [3.8, 4) is 0 Å². The second-order valence-electron chi connectivity index (χ2n) is 7.01. The molecule has 2 aromatic rings. The predicted molar refractivity (Wildman–Crippen MR) is 116 cm³/mol. The first-order chi connectivity index (χ1) is 13.9. The highest BCUT2D eigenvalue weighted by atomic mass is 35.5. The number of quaternary nitrogens is 1. The molecule has 2 heterocycles. The van der Waals surface area contributed by atoms with E-state index in [2.05, 4.69) is 24.1 Å². The molecule has 0 spiro atoms. The first kappa shape index (κ1) is 21.4. The van der Waals surface area contributed by atoms with E-state index in [1.165, 1.54) is 0 Å². The normalized spacial score (nSPS) is 18.4. The average Bonchev–Trinajstić information content (AvgIpc) is 3.05. The number of ether oxygens (including phenoxy) is 1. The van der Waals surface area contributed by atoms with Crippen molar-refractivity contribution in [2.45, 2.75) is 25.3 Å². The molecule has 6 nitrogen and oxygen atoms in total. The van der Waals surface area contributed by atoms with Crippen molar-refractivity contribution in [1.29, 1.82) is 0 Å². The van der Waals surface area contributed by atoms with Gasteiger partial charge in [-0.3, -0.25) is 4.98 Å². The van der Waals surface area contributed by atoms with Crippen molar-refractivity contribution in [3.05, 3.63) is 70.1 Å². The zero-order chi connectivity index (χ0) is 20.9. The lowest BCUT2D eigenvalue weighted by molar-refractivity contribution is -0.819. The molecule has 1 amide bonds. The highest BCUT2D eigenvalue weighted by Gasteiger charge is 2.42. The Labute approximate surface area is 180 Å². The van der Waals surface area contributed by atoms with Gasteiger partial charge in [0.05, 0.1) is 0 Å². The Bertz CT molecular complexity index is 933. The Balaban J connectivity index is 2.02. The van der Waals surface area contributed by atoms with Crippen molar-refractivity contribution in [2.24, 2.45) is 10.9 Å². The van der Waals surface area contributed by atoms with Gasteiger partial charge in [0.1, 0.15) is 12.2 Å². The SMILES string of the molecule is CNC(=O)OC[N+]1(Cc2cccnc2)C=NC(C(C)C)=C1Sc1cccc(Cl)c1. The first-order valence-electron chi connectivity index (χ1n) is 9.27. The highest BCUT2D eigenvalue weighted by Crippen LogP contribution is 2.43. The molecule has 1 aromatic heterocycles. The number of nitrogens with zero attached hydrogens (tertiary/aromatic N) is 3. The molecule has 0 bridgehead atoms. The zero-order valence-electron chi connectivity index (χ0n) is 16.6. The van der Waals surface area contributed by atoms with Gasteiger partial charge in [-0.15, -0.1) is 0 Å². The second kappa shape index (κ2) is 9.43. The number of pyridine rings is 1. The summed E-state index contributed by atoms with van der Waals surface area (Å²) in [6.45, 7) is 4.90. The molecule has 0 radical (unpaired) electrons. The van der Waals surface area contributed by atoms with Crippen molar-refractivity contribution >= 4 is 35.8 Å². The van der Waals surface area contributed by atoms with Crippen LogP contribution in [-0.2, 0) is 11.3 Å². The molecule has 3 rings (SSSR count). The van der Waals surface area contributed by atoms with E-state index in [-0.39, 0.29) is 17.1 Å². The van der Waals surface area contributed by atoms with E-state index in [1.54, 1.807) is 25.0 Å². The van der Waals surface area contributed by atoms with Gasteiger partial charge < -0.3 is 10.1 Å². The number of benzene rings is 1. The van der Waals surface area contributed by atoms with Crippen molar-refractivity contribution in [2.75, 3.05) is 13.8 Å². The Morgan fingerprint density at radius 1 is 1.31 bits per heavy atom. The Kier molecular flexibility index (Phi) is 6.95. The van der Waals surface area contributed by atoms with E-state index in [1.807, 2.05) is 48.9 Å². The number of carbonyl (C=O) groups is 1. The third kappa shape index (κ3) is 5.18. The van der Waals surface area contributed by atoms with E-state index in [9.17, 15) is 4.79 Å². The fourth-order valence-electron chi connectivity index (χ4n) is 3.00. The average molecular weight is 432 g/mol. The molecule has 1 aliphatic heterocycles. The molecule has 29 heavy (non-hydrogen) atoms. The van der Waals surface area contributed by atoms with Crippen LogP contribution in [0, 0.1) is 5.92 Å². The van der Waals surface area contributed by atoms with Crippen molar-refractivity contribution in [1.82, 2.24) is 10.3 Å². The lowest BCUT2D eigenvalue weighted by atomic mass is 10.1. The number of hydrogen-bond donors (Lipinski definition) is 1. The van der Waals surface area contributed by atoms with Crippen LogP contribution in [0.3, 0.4) is 0 Å². The smallest absolute Gasteiger partial charge is 0.398 e. The number of aliphatic imine (C=N–C) groups is 1.